The van der Waals surface area contributed by atoms with E-state index in [1.165, 1.54) is 11.6 Å². The lowest BCUT2D eigenvalue weighted by Crippen LogP contribution is -2.53. The van der Waals surface area contributed by atoms with Crippen LogP contribution in [0.2, 0.25) is 19.6 Å². The van der Waals surface area contributed by atoms with Crippen molar-refractivity contribution in [2.45, 2.75) is 69.4 Å². The molecule has 5 rings (SSSR count). The molecule has 9 nitrogen and oxygen atoms in total. The van der Waals surface area contributed by atoms with Gasteiger partial charge in [0.25, 0.3) is 0 Å². The number of benzene rings is 2. The van der Waals surface area contributed by atoms with Crippen molar-refractivity contribution < 1.29 is 23.0 Å². The zero-order chi connectivity index (χ0) is 30.1. The van der Waals surface area contributed by atoms with Crippen LogP contribution < -0.4 is 25.4 Å². The van der Waals surface area contributed by atoms with Gasteiger partial charge in [-0.1, -0.05) is 30.9 Å². The lowest BCUT2D eigenvalue weighted by Gasteiger charge is -2.45. The number of rotatable bonds is 9. The van der Waals surface area contributed by atoms with Crippen LogP contribution in [0.5, 0.6) is 11.5 Å². The first kappa shape index (κ1) is 30.0. The SMILES string of the molecule is COc1ccc([C@@]23CC[C@H](NC(=O)Nc4ccc(F)c(F)c4)C[C@H]2N(CCn2cc([Si](C)(C)C)nn2)CC3)cc1OC. The van der Waals surface area contributed by atoms with Gasteiger partial charge in [0.05, 0.1) is 26.1 Å². The second-order valence-electron chi connectivity index (χ2n) is 12.3. The van der Waals surface area contributed by atoms with E-state index in [-0.39, 0.29) is 23.2 Å². The molecule has 2 heterocycles. The molecule has 0 radical (unpaired) electrons. The van der Waals surface area contributed by atoms with Crippen molar-refractivity contribution in [3.8, 4) is 11.5 Å². The van der Waals surface area contributed by atoms with E-state index in [9.17, 15) is 13.6 Å². The van der Waals surface area contributed by atoms with Gasteiger partial charge in [-0.2, -0.15) is 0 Å². The average Bonchev–Trinajstić information content (AvgIpc) is 3.59. The summed E-state index contributed by atoms with van der Waals surface area (Å²) in [6, 6.07) is 9.17. The molecule has 0 spiro atoms. The number of hydrogen-bond acceptors (Lipinski definition) is 6. The monoisotopic (exact) mass is 598 g/mol. The molecule has 1 saturated carbocycles. The molecule has 3 atom stereocenters. The fourth-order valence-electron chi connectivity index (χ4n) is 6.43. The smallest absolute Gasteiger partial charge is 0.319 e. The van der Waals surface area contributed by atoms with Crippen molar-refractivity contribution in [3.63, 3.8) is 0 Å². The Morgan fingerprint density at radius 1 is 1.05 bits per heavy atom. The maximum atomic E-state index is 13.7. The number of urea groups is 1. The van der Waals surface area contributed by atoms with Gasteiger partial charge in [0.1, 0.15) is 8.07 Å². The summed E-state index contributed by atoms with van der Waals surface area (Å²) >= 11 is 0. The molecule has 42 heavy (non-hydrogen) atoms. The first-order chi connectivity index (χ1) is 20.0. The van der Waals surface area contributed by atoms with Gasteiger partial charge in [0, 0.05) is 42.0 Å². The second-order valence-corrected chi connectivity index (χ2v) is 17.4. The summed E-state index contributed by atoms with van der Waals surface area (Å²) in [4.78, 5) is 15.4. The molecule has 2 N–H and O–H groups in total. The highest BCUT2D eigenvalue weighted by molar-refractivity contribution is 6.88. The maximum absolute atomic E-state index is 13.7. The standard InChI is InChI=1S/C30H40F2N6O3Si/c1-40-25-9-6-20(16-26(25)41-2)30-11-10-22(34-29(39)33-21-7-8-23(31)24(32)17-21)18-27(30)37(13-12-30)14-15-38-19-28(35-36-38)42(3,4)5/h6-9,16-17,19,22,27H,10-15,18H2,1-5H3,(H2,33,34,39)/t22-,27+,30-/m0/s1. The third kappa shape index (κ3) is 6.14. The predicted molar refractivity (Wildman–Crippen MR) is 160 cm³/mol. The summed E-state index contributed by atoms with van der Waals surface area (Å²) in [6.07, 6.45) is 5.47. The van der Waals surface area contributed by atoms with Crippen LogP contribution in [0.3, 0.4) is 0 Å². The van der Waals surface area contributed by atoms with Gasteiger partial charge in [-0.05, 0) is 62.1 Å². The topological polar surface area (TPSA) is 93.5 Å². The van der Waals surface area contributed by atoms with Crippen LogP contribution in [0, 0.1) is 11.6 Å². The molecule has 2 aliphatic rings. The molecule has 2 aromatic carbocycles. The van der Waals surface area contributed by atoms with Gasteiger partial charge in [0.15, 0.2) is 23.1 Å². The van der Waals surface area contributed by atoms with E-state index in [1.807, 2.05) is 10.7 Å². The number of nitrogens with zero attached hydrogens (tertiary/aromatic N) is 4. The van der Waals surface area contributed by atoms with Gasteiger partial charge in [-0.3, -0.25) is 9.58 Å². The highest BCUT2D eigenvalue weighted by Crippen LogP contribution is 2.50. The Morgan fingerprint density at radius 3 is 2.52 bits per heavy atom. The zero-order valence-electron chi connectivity index (χ0n) is 24.9. The van der Waals surface area contributed by atoms with Gasteiger partial charge in [-0.25, -0.2) is 13.6 Å². The number of ether oxygens (including phenoxy) is 2. The number of amides is 2. The minimum atomic E-state index is -1.55. The molecule has 2 fully saturated rings. The number of hydrogen-bond donors (Lipinski definition) is 2. The number of fused-ring (bicyclic) bond motifs is 1. The Hall–Kier alpha value is -3.51. The van der Waals surface area contributed by atoms with E-state index in [0.29, 0.717) is 11.5 Å². The highest BCUT2D eigenvalue weighted by atomic mass is 28.3. The highest BCUT2D eigenvalue weighted by Gasteiger charge is 2.51. The number of anilines is 1. The molecular formula is C30H40F2N6O3Si. The molecule has 1 saturated heterocycles. The van der Waals surface area contributed by atoms with Crippen molar-refractivity contribution in [1.29, 1.82) is 0 Å². The lowest BCUT2D eigenvalue weighted by molar-refractivity contribution is 0.132. The summed E-state index contributed by atoms with van der Waals surface area (Å²) in [6.45, 7) is 9.24. The van der Waals surface area contributed by atoms with Crippen LogP contribution in [0.1, 0.15) is 31.2 Å². The Labute approximate surface area is 246 Å². The number of likely N-dealkylation sites (tertiary alicyclic amines) is 1. The Kier molecular flexibility index (Phi) is 8.56. The fourth-order valence-corrected chi connectivity index (χ4v) is 7.32. The van der Waals surface area contributed by atoms with Crippen molar-refractivity contribution in [1.82, 2.24) is 25.2 Å². The number of methoxy groups -OCH3 is 2. The van der Waals surface area contributed by atoms with E-state index in [2.05, 4.69) is 63.8 Å². The molecule has 3 aromatic rings. The van der Waals surface area contributed by atoms with Gasteiger partial charge >= 0.3 is 6.03 Å². The predicted octanol–water partition coefficient (Wildman–Crippen LogP) is 4.51. The third-order valence-electron chi connectivity index (χ3n) is 8.76. The van der Waals surface area contributed by atoms with Crippen LogP contribution in [-0.2, 0) is 12.0 Å². The third-order valence-corrected chi connectivity index (χ3v) is 10.5. The molecular weight excluding hydrogens is 558 g/mol. The summed E-state index contributed by atoms with van der Waals surface area (Å²) in [5.41, 5.74) is 1.30. The largest absolute Gasteiger partial charge is 0.493 e. The summed E-state index contributed by atoms with van der Waals surface area (Å²) in [5.74, 6) is -0.563. The average molecular weight is 599 g/mol. The van der Waals surface area contributed by atoms with Crippen LogP contribution in [-0.4, -0.2) is 73.4 Å². The van der Waals surface area contributed by atoms with Crippen LogP contribution >= 0.6 is 0 Å². The molecule has 0 unspecified atom stereocenters. The van der Waals surface area contributed by atoms with Crippen molar-refractivity contribution in [2.75, 3.05) is 32.6 Å². The van der Waals surface area contributed by atoms with Gasteiger partial charge in [-0.15, -0.1) is 5.10 Å². The van der Waals surface area contributed by atoms with E-state index in [4.69, 9.17) is 9.47 Å². The number of nitrogens with one attached hydrogen (secondary N) is 2. The number of halogens is 2. The first-order valence-corrected chi connectivity index (χ1v) is 17.9. The molecule has 12 heteroatoms. The summed E-state index contributed by atoms with van der Waals surface area (Å²) in [7, 11) is 1.74. The quantitative estimate of drug-likeness (QED) is 0.353. The minimum Gasteiger partial charge on any atom is -0.493 e. The van der Waals surface area contributed by atoms with E-state index in [0.717, 1.165) is 62.8 Å². The summed E-state index contributed by atoms with van der Waals surface area (Å²) < 4.78 is 40.1. The number of aromatic nitrogens is 3. The van der Waals surface area contributed by atoms with E-state index < -0.39 is 25.7 Å². The Morgan fingerprint density at radius 2 is 1.83 bits per heavy atom. The number of carbonyl (C=O) groups is 1. The number of carbonyl (C=O) groups excluding carboxylic acids is 1. The Bertz CT molecular complexity index is 1430. The fraction of sp³-hybridized carbons (Fsp3) is 0.500. The Balaban J connectivity index is 1.35. The molecule has 1 aliphatic carbocycles. The van der Waals surface area contributed by atoms with Gasteiger partial charge in [0.2, 0.25) is 0 Å². The molecule has 226 valence electrons. The first-order valence-electron chi connectivity index (χ1n) is 14.4. The zero-order valence-corrected chi connectivity index (χ0v) is 25.9. The van der Waals surface area contributed by atoms with Crippen LogP contribution in [0.25, 0.3) is 0 Å². The van der Waals surface area contributed by atoms with Crippen LogP contribution in [0.15, 0.2) is 42.6 Å². The molecule has 1 aliphatic heterocycles. The normalized spacial score (nSPS) is 22.5. The van der Waals surface area contributed by atoms with E-state index in [1.54, 1.807) is 14.2 Å². The molecule has 1 aromatic heterocycles. The second kappa shape index (κ2) is 12.0. The summed E-state index contributed by atoms with van der Waals surface area (Å²) in [5, 5.41) is 15.6. The lowest BCUT2D eigenvalue weighted by atomic mass is 9.65. The van der Waals surface area contributed by atoms with Crippen molar-refractivity contribution in [3.05, 3.63) is 59.8 Å². The van der Waals surface area contributed by atoms with E-state index >= 15 is 0 Å². The van der Waals surface area contributed by atoms with Crippen LogP contribution in [0.4, 0.5) is 19.3 Å². The van der Waals surface area contributed by atoms with Gasteiger partial charge < -0.3 is 20.1 Å². The minimum absolute atomic E-state index is 0.0842. The molecule has 2 amide bonds. The molecule has 0 bridgehead atoms. The maximum Gasteiger partial charge on any atom is 0.319 e. The van der Waals surface area contributed by atoms with Crippen molar-refractivity contribution in [2.24, 2.45) is 0 Å². The van der Waals surface area contributed by atoms with Crippen molar-refractivity contribution >= 4 is 25.1 Å².